The minimum atomic E-state index is 0.497. The van der Waals surface area contributed by atoms with Gasteiger partial charge in [0, 0.05) is 31.2 Å². The molecular formula is C13H20BrN3. The molecule has 17 heavy (non-hydrogen) atoms. The van der Waals surface area contributed by atoms with Gasteiger partial charge in [-0.05, 0) is 53.5 Å². The van der Waals surface area contributed by atoms with Crippen LogP contribution < -0.4 is 15.5 Å². The van der Waals surface area contributed by atoms with E-state index in [9.17, 15) is 0 Å². The smallest absolute Gasteiger partial charge is 0.0749 e. The SMILES string of the molecule is Cc1cc(Br)c2c(c1)N(C)CC(CCN)N2C. The highest BCUT2D eigenvalue weighted by Gasteiger charge is 2.27. The summed E-state index contributed by atoms with van der Waals surface area (Å²) in [4.78, 5) is 4.68. The van der Waals surface area contributed by atoms with Crippen molar-refractivity contribution in [3.8, 4) is 0 Å². The van der Waals surface area contributed by atoms with Crippen LogP contribution in [0.2, 0.25) is 0 Å². The minimum Gasteiger partial charge on any atom is -0.371 e. The van der Waals surface area contributed by atoms with Crippen LogP contribution in [-0.2, 0) is 0 Å². The van der Waals surface area contributed by atoms with Crippen molar-refractivity contribution in [3.63, 3.8) is 0 Å². The lowest BCUT2D eigenvalue weighted by molar-refractivity contribution is 0.566. The van der Waals surface area contributed by atoms with Crippen LogP contribution in [0.5, 0.6) is 0 Å². The largest absolute Gasteiger partial charge is 0.371 e. The summed E-state index contributed by atoms with van der Waals surface area (Å²) in [5, 5.41) is 0. The molecule has 0 bridgehead atoms. The summed E-state index contributed by atoms with van der Waals surface area (Å²) in [6.45, 7) is 3.91. The molecule has 1 aromatic carbocycles. The van der Waals surface area contributed by atoms with E-state index in [1.54, 1.807) is 0 Å². The van der Waals surface area contributed by atoms with Crippen LogP contribution in [0.1, 0.15) is 12.0 Å². The Labute approximate surface area is 112 Å². The maximum absolute atomic E-state index is 5.69. The standard InChI is InChI=1S/C13H20BrN3/c1-9-6-11(14)13-12(7-9)16(2)8-10(4-5-15)17(13)3/h6-7,10H,4-5,8,15H2,1-3H3. The van der Waals surface area contributed by atoms with E-state index in [0.717, 1.165) is 19.5 Å². The van der Waals surface area contributed by atoms with E-state index < -0.39 is 0 Å². The van der Waals surface area contributed by atoms with Crippen molar-refractivity contribution in [2.75, 3.05) is 37.0 Å². The molecule has 1 unspecified atom stereocenters. The predicted octanol–water partition coefficient (Wildman–Crippen LogP) is 2.36. The van der Waals surface area contributed by atoms with Gasteiger partial charge in [-0.15, -0.1) is 0 Å². The molecule has 3 nitrogen and oxygen atoms in total. The van der Waals surface area contributed by atoms with Gasteiger partial charge in [0.25, 0.3) is 0 Å². The first-order valence-electron chi connectivity index (χ1n) is 5.98. The summed E-state index contributed by atoms with van der Waals surface area (Å²) < 4.78 is 1.17. The number of likely N-dealkylation sites (N-methyl/N-ethyl adjacent to an activating group) is 2. The van der Waals surface area contributed by atoms with Gasteiger partial charge in [-0.25, -0.2) is 0 Å². The van der Waals surface area contributed by atoms with E-state index in [1.165, 1.54) is 21.4 Å². The second-order valence-corrected chi connectivity index (χ2v) is 5.69. The normalized spacial score (nSPS) is 19.5. The van der Waals surface area contributed by atoms with Gasteiger partial charge >= 0.3 is 0 Å². The average molecular weight is 298 g/mol. The van der Waals surface area contributed by atoms with Crippen molar-refractivity contribution >= 4 is 27.3 Å². The van der Waals surface area contributed by atoms with E-state index in [-0.39, 0.29) is 0 Å². The number of nitrogens with two attached hydrogens (primary N) is 1. The molecule has 0 radical (unpaired) electrons. The third kappa shape index (κ3) is 2.29. The summed E-state index contributed by atoms with van der Waals surface area (Å²) in [6, 6.07) is 4.92. The van der Waals surface area contributed by atoms with Gasteiger partial charge < -0.3 is 15.5 Å². The van der Waals surface area contributed by atoms with Crippen LogP contribution in [0.25, 0.3) is 0 Å². The molecule has 1 aromatic rings. The fourth-order valence-electron chi connectivity index (χ4n) is 2.55. The number of rotatable bonds is 2. The molecule has 0 spiro atoms. The van der Waals surface area contributed by atoms with Gasteiger partial charge in [0.05, 0.1) is 11.4 Å². The monoisotopic (exact) mass is 297 g/mol. The van der Waals surface area contributed by atoms with E-state index in [0.29, 0.717) is 6.04 Å². The maximum atomic E-state index is 5.69. The van der Waals surface area contributed by atoms with Gasteiger partial charge in [-0.2, -0.15) is 0 Å². The molecule has 1 heterocycles. The molecule has 0 aliphatic carbocycles. The fourth-order valence-corrected chi connectivity index (χ4v) is 3.40. The number of anilines is 2. The summed E-state index contributed by atoms with van der Waals surface area (Å²) in [7, 11) is 4.31. The number of fused-ring (bicyclic) bond motifs is 1. The molecule has 0 saturated carbocycles. The zero-order valence-electron chi connectivity index (χ0n) is 10.7. The molecule has 1 aliphatic heterocycles. The Kier molecular flexibility index (Phi) is 3.64. The van der Waals surface area contributed by atoms with Crippen LogP contribution in [0, 0.1) is 6.92 Å². The van der Waals surface area contributed by atoms with E-state index >= 15 is 0 Å². The lowest BCUT2D eigenvalue weighted by atomic mass is 10.0. The Hall–Kier alpha value is -0.740. The highest BCUT2D eigenvalue weighted by atomic mass is 79.9. The number of nitrogens with zero attached hydrogens (tertiary/aromatic N) is 2. The van der Waals surface area contributed by atoms with Crippen LogP contribution in [0.4, 0.5) is 11.4 Å². The van der Waals surface area contributed by atoms with Gasteiger partial charge in [-0.3, -0.25) is 0 Å². The molecule has 0 aromatic heterocycles. The first kappa shape index (κ1) is 12.7. The number of benzene rings is 1. The predicted molar refractivity (Wildman–Crippen MR) is 78.0 cm³/mol. The lowest BCUT2D eigenvalue weighted by Crippen LogP contribution is -2.47. The second kappa shape index (κ2) is 4.86. The zero-order chi connectivity index (χ0) is 12.6. The summed E-state index contributed by atoms with van der Waals surface area (Å²) >= 11 is 3.68. The van der Waals surface area contributed by atoms with Crippen molar-refractivity contribution in [2.45, 2.75) is 19.4 Å². The lowest BCUT2D eigenvalue weighted by Gasteiger charge is -2.42. The van der Waals surface area contributed by atoms with Crippen LogP contribution in [0.15, 0.2) is 16.6 Å². The van der Waals surface area contributed by atoms with Gasteiger partial charge in [0.2, 0.25) is 0 Å². The van der Waals surface area contributed by atoms with Gasteiger partial charge in [0.15, 0.2) is 0 Å². The Morgan fingerprint density at radius 2 is 2.12 bits per heavy atom. The topological polar surface area (TPSA) is 32.5 Å². The molecule has 0 amide bonds. The van der Waals surface area contributed by atoms with Crippen molar-refractivity contribution in [1.82, 2.24) is 0 Å². The Morgan fingerprint density at radius 3 is 2.76 bits per heavy atom. The molecule has 2 rings (SSSR count). The molecule has 0 fully saturated rings. The molecule has 4 heteroatoms. The number of hydrogen-bond acceptors (Lipinski definition) is 3. The number of aryl methyl sites for hydroxylation is 1. The van der Waals surface area contributed by atoms with Gasteiger partial charge in [-0.1, -0.05) is 0 Å². The zero-order valence-corrected chi connectivity index (χ0v) is 12.3. The van der Waals surface area contributed by atoms with Crippen molar-refractivity contribution in [3.05, 3.63) is 22.2 Å². The quantitative estimate of drug-likeness (QED) is 0.910. The Balaban J connectivity index is 2.45. The molecular weight excluding hydrogens is 278 g/mol. The van der Waals surface area contributed by atoms with Crippen molar-refractivity contribution in [1.29, 1.82) is 0 Å². The highest BCUT2D eigenvalue weighted by molar-refractivity contribution is 9.10. The van der Waals surface area contributed by atoms with Crippen molar-refractivity contribution in [2.24, 2.45) is 5.73 Å². The Morgan fingerprint density at radius 1 is 1.41 bits per heavy atom. The van der Waals surface area contributed by atoms with Crippen LogP contribution in [0.3, 0.4) is 0 Å². The summed E-state index contributed by atoms with van der Waals surface area (Å²) in [5.74, 6) is 0. The Bertz CT molecular complexity index is 419. The molecule has 0 saturated heterocycles. The second-order valence-electron chi connectivity index (χ2n) is 4.84. The van der Waals surface area contributed by atoms with Crippen LogP contribution in [-0.4, -0.2) is 33.2 Å². The first-order valence-corrected chi connectivity index (χ1v) is 6.78. The molecule has 94 valence electrons. The minimum absolute atomic E-state index is 0.497. The van der Waals surface area contributed by atoms with Gasteiger partial charge in [0.1, 0.15) is 0 Å². The molecule has 2 N–H and O–H groups in total. The fraction of sp³-hybridized carbons (Fsp3) is 0.538. The highest BCUT2D eigenvalue weighted by Crippen LogP contribution is 2.41. The number of hydrogen-bond donors (Lipinski definition) is 1. The first-order chi connectivity index (χ1) is 8.04. The summed E-state index contributed by atoms with van der Waals surface area (Å²) in [5.41, 5.74) is 9.56. The van der Waals surface area contributed by atoms with E-state index in [2.05, 4.69) is 58.9 Å². The molecule has 1 atom stereocenters. The third-order valence-corrected chi connectivity index (χ3v) is 4.09. The van der Waals surface area contributed by atoms with Crippen LogP contribution >= 0.6 is 15.9 Å². The maximum Gasteiger partial charge on any atom is 0.0749 e. The summed E-state index contributed by atoms with van der Waals surface area (Å²) in [6.07, 6.45) is 1.03. The number of halogens is 1. The third-order valence-electron chi connectivity index (χ3n) is 3.48. The van der Waals surface area contributed by atoms with E-state index in [1.807, 2.05) is 0 Å². The molecule has 1 aliphatic rings. The van der Waals surface area contributed by atoms with E-state index in [4.69, 9.17) is 5.73 Å². The average Bonchev–Trinajstić information content (AvgIpc) is 2.25. The van der Waals surface area contributed by atoms with Crippen molar-refractivity contribution < 1.29 is 0 Å².